The third-order valence-corrected chi connectivity index (χ3v) is 3.63. The van der Waals surface area contributed by atoms with E-state index in [1.54, 1.807) is 19.1 Å². The summed E-state index contributed by atoms with van der Waals surface area (Å²) in [6.07, 6.45) is 0.894. The molecule has 2 rings (SSSR count). The van der Waals surface area contributed by atoms with Gasteiger partial charge in [-0.3, -0.25) is 10.1 Å². The largest absolute Gasteiger partial charge is 0.488 e. The van der Waals surface area contributed by atoms with E-state index in [0.29, 0.717) is 24.0 Å². The van der Waals surface area contributed by atoms with E-state index in [-0.39, 0.29) is 22.8 Å². The molecule has 0 radical (unpaired) electrons. The number of ether oxygens (including phenoxy) is 2. The van der Waals surface area contributed by atoms with Crippen LogP contribution in [-0.2, 0) is 4.74 Å². The molecule has 6 heteroatoms. The Kier molecular flexibility index (Phi) is 4.57. The first-order valence-electron chi connectivity index (χ1n) is 6.77. The predicted molar refractivity (Wildman–Crippen MR) is 75.1 cm³/mol. The second-order valence-corrected chi connectivity index (χ2v) is 4.91. The van der Waals surface area contributed by atoms with Gasteiger partial charge >= 0.3 is 0 Å². The summed E-state index contributed by atoms with van der Waals surface area (Å²) in [7, 11) is 1.91. The number of rotatable bonds is 6. The van der Waals surface area contributed by atoms with Crippen molar-refractivity contribution >= 4 is 5.69 Å². The van der Waals surface area contributed by atoms with Crippen LogP contribution >= 0.6 is 0 Å². The summed E-state index contributed by atoms with van der Waals surface area (Å²) >= 11 is 0. The van der Waals surface area contributed by atoms with Gasteiger partial charge in [0.05, 0.1) is 4.92 Å². The van der Waals surface area contributed by atoms with Gasteiger partial charge in [-0.25, -0.2) is 0 Å². The maximum Gasteiger partial charge on any atom is 0.272 e. The van der Waals surface area contributed by atoms with Gasteiger partial charge in [-0.2, -0.15) is 0 Å². The minimum Gasteiger partial charge on any atom is -0.488 e. The van der Waals surface area contributed by atoms with E-state index in [0.717, 1.165) is 6.42 Å². The van der Waals surface area contributed by atoms with Crippen LogP contribution in [0.3, 0.4) is 0 Å². The van der Waals surface area contributed by atoms with Crippen molar-refractivity contribution in [1.29, 1.82) is 0 Å². The number of hydrogen-bond acceptors (Lipinski definition) is 5. The number of aryl methyl sites for hydroxylation is 1. The topological polar surface area (TPSA) is 73.6 Å². The summed E-state index contributed by atoms with van der Waals surface area (Å²) in [6, 6.07) is 5.13. The fourth-order valence-electron chi connectivity index (χ4n) is 2.48. The van der Waals surface area contributed by atoms with Gasteiger partial charge in [0.25, 0.3) is 5.69 Å². The Hall–Kier alpha value is -1.66. The third kappa shape index (κ3) is 2.91. The molecule has 0 saturated heterocycles. The van der Waals surface area contributed by atoms with Crippen LogP contribution in [0.15, 0.2) is 18.2 Å². The fraction of sp³-hybridized carbons (Fsp3) is 0.571. The zero-order valence-corrected chi connectivity index (χ0v) is 12.0. The molecule has 1 aromatic carbocycles. The van der Waals surface area contributed by atoms with Crippen LogP contribution in [0.1, 0.15) is 18.9 Å². The molecule has 1 aromatic rings. The lowest BCUT2D eigenvalue weighted by Gasteiger charge is -2.43. The van der Waals surface area contributed by atoms with Crippen LogP contribution in [0.2, 0.25) is 0 Å². The van der Waals surface area contributed by atoms with Crippen LogP contribution in [0.4, 0.5) is 5.69 Å². The molecule has 3 atom stereocenters. The molecule has 6 nitrogen and oxygen atoms in total. The smallest absolute Gasteiger partial charge is 0.272 e. The Morgan fingerprint density at radius 2 is 2.25 bits per heavy atom. The van der Waals surface area contributed by atoms with E-state index in [1.165, 1.54) is 6.07 Å². The highest BCUT2D eigenvalue weighted by Gasteiger charge is 2.42. The van der Waals surface area contributed by atoms with Crippen molar-refractivity contribution in [3.05, 3.63) is 33.9 Å². The highest BCUT2D eigenvalue weighted by atomic mass is 16.6. The molecule has 1 N–H and O–H groups in total. The van der Waals surface area contributed by atoms with E-state index in [9.17, 15) is 10.1 Å². The first-order valence-corrected chi connectivity index (χ1v) is 6.77. The number of nitrogens with one attached hydrogen (secondary N) is 1. The van der Waals surface area contributed by atoms with E-state index in [4.69, 9.17) is 9.47 Å². The minimum absolute atomic E-state index is 0.00624. The molecule has 110 valence electrons. The van der Waals surface area contributed by atoms with Crippen molar-refractivity contribution in [2.75, 3.05) is 13.7 Å². The molecule has 3 unspecified atom stereocenters. The average molecular weight is 280 g/mol. The van der Waals surface area contributed by atoms with Crippen LogP contribution < -0.4 is 10.1 Å². The monoisotopic (exact) mass is 280 g/mol. The number of nitrogens with zero attached hydrogens (tertiary/aromatic N) is 1. The van der Waals surface area contributed by atoms with E-state index >= 15 is 0 Å². The lowest BCUT2D eigenvalue weighted by molar-refractivity contribution is -0.385. The summed E-state index contributed by atoms with van der Waals surface area (Å²) in [6.45, 7) is 4.31. The second kappa shape index (κ2) is 6.19. The summed E-state index contributed by atoms with van der Waals surface area (Å²) in [5, 5.41) is 14.0. The Morgan fingerprint density at radius 3 is 2.80 bits per heavy atom. The summed E-state index contributed by atoms with van der Waals surface area (Å²) in [5.41, 5.74) is 0.713. The zero-order chi connectivity index (χ0) is 14.7. The molecule has 1 aliphatic carbocycles. The predicted octanol–water partition coefficient (Wildman–Crippen LogP) is 2.05. The molecule has 0 spiro atoms. The van der Waals surface area contributed by atoms with E-state index < -0.39 is 0 Å². The maximum absolute atomic E-state index is 10.8. The second-order valence-electron chi connectivity index (χ2n) is 4.91. The highest BCUT2D eigenvalue weighted by molar-refractivity contribution is 5.44. The van der Waals surface area contributed by atoms with Crippen LogP contribution in [0, 0.1) is 17.0 Å². The van der Waals surface area contributed by atoms with Gasteiger partial charge in [-0.15, -0.1) is 0 Å². The molecular formula is C14H20N2O4. The molecule has 1 fully saturated rings. The number of nitro benzene ring substituents is 1. The zero-order valence-electron chi connectivity index (χ0n) is 12.0. The molecule has 1 aliphatic rings. The van der Waals surface area contributed by atoms with Gasteiger partial charge in [0.2, 0.25) is 0 Å². The minimum atomic E-state index is -0.386. The van der Waals surface area contributed by atoms with Gasteiger partial charge in [-0.05, 0) is 33.0 Å². The van der Waals surface area contributed by atoms with Crippen LogP contribution in [0.25, 0.3) is 0 Å². The Bertz CT molecular complexity index is 492. The van der Waals surface area contributed by atoms with E-state index in [1.807, 2.05) is 14.0 Å². The maximum atomic E-state index is 10.8. The number of likely N-dealkylation sites (N-methyl/N-ethyl adjacent to an activating group) is 1. The first kappa shape index (κ1) is 14.7. The molecule has 0 amide bonds. The van der Waals surface area contributed by atoms with Crippen LogP contribution in [-0.4, -0.2) is 36.8 Å². The van der Waals surface area contributed by atoms with Gasteiger partial charge in [0.1, 0.15) is 18.0 Å². The highest BCUT2D eigenvalue weighted by Crippen LogP contribution is 2.31. The summed E-state index contributed by atoms with van der Waals surface area (Å²) in [4.78, 5) is 10.4. The standard InChI is InChI=1S/C14H20N2O4/c1-4-19-14-11(15-3)8-13(14)20-10-5-6-12(16(17)18)9(2)7-10/h5-7,11,13-15H,4,8H2,1-3H3. The van der Waals surface area contributed by atoms with E-state index in [2.05, 4.69) is 5.32 Å². The lowest BCUT2D eigenvalue weighted by Crippen LogP contribution is -2.60. The van der Waals surface area contributed by atoms with Gasteiger partial charge < -0.3 is 14.8 Å². The third-order valence-electron chi connectivity index (χ3n) is 3.63. The Morgan fingerprint density at radius 1 is 1.50 bits per heavy atom. The average Bonchev–Trinajstić information content (AvgIpc) is 2.40. The van der Waals surface area contributed by atoms with Crippen molar-refractivity contribution in [2.45, 2.75) is 38.5 Å². The van der Waals surface area contributed by atoms with Crippen molar-refractivity contribution < 1.29 is 14.4 Å². The molecule has 1 saturated carbocycles. The number of nitro groups is 1. The van der Waals surface area contributed by atoms with Gasteiger partial charge in [0, 0.05) is 30.7 Å². The fourth-order valence-corrected chi connectivity index (χ4v) is 2.48. The Labute approximate surface area is 118 Å². The first-order chi connectivity index (χ1) is 9.56. The van der Waals surface area contributed by atoms with Crippen molar-refractivity contribution in [3.63, 3.8) is 0 Å². The van der Waals surface area contributed by atoms with Crippen molar-refractivity contribution in [2.24, 2.45) is 0 Å². The Balaban J connectivity index is 2.03. The summed E-state index contributed by atoms with van der Waals surface area (Å²) < 4.78 is 11.5. The molecule has 0 bridgehead atoms. The SMILES string of the molecule is CCOC1C(NC)CC1Oc1ccc([N+](=O)[O-])c(C)c1. The molecule has 0 aliphatic heterocycles. The van der Waals surface area contributed by atoms with Gasteiger partial charge in [0.15, 0.2) is 0 Å². The molecule has 0 heterocycles. The molecule has 0 aromatic heterocycles. The van der Waals surface area contributed by atoms with Crippen molar-refractivity contribution in [3.8, 4) is 5.75 Å². The summed E-state index contributed by atoms with van der Waals surface area (Å²) in [5.74, 6) is 0.650. The van der Waals surface area contributed by atoms with Gasteiger partial charge in [-0.1, -0.05) is 0 Å². The number of hydrogen-bond donors (Lipinski definition) is 1. The molecular weight excluding hydrogens is 260 g/mol. The quantitative estimate of drug-likeness (QED) is 0.637. The number of benzene rings is 1. The van der Waals surface area contributed by atoms with Crippen molar-refractivity contribution in [1.82, 2.24) is 5.32 Å². The normalized spacial score (nSPS) is 25.1. The lowest BCUT2D eigenvalue weighted by atomic mass is 9.85. The molecule has 20 heavy (non-hydrogen) atoms. The van der Waals surface area contributed by atoms with Crippen LogP contribution in [0.5, 0.6) is 5.75 Å².